The van der Waals surface area contributed by atoms with E-state index in [9.17, 15) is 0 Å². The summed E-state index contributed by atoms with van der Waals surface area (Å²) in [5, 5.41) is 0.531. The van der Waals surface area contributed by atoms with Crippen molar-refractivity contribution in [3.8, 4) is 0 Å². The van der Waals surface area contributed by atoms with Crippen LogP contribution in [0.1, 0.15) is 18.9 Å². The molecule has 0 heterocycles. The zero-order valence-corrected chi connectivity index (χ0v) is 11.2. The number of hydrogen-bond acceptors (Lipinski definition) is 1. The Hall–Kier alpha value is -1.21. The van der Waals surface area contributed by atoms with Crippen LogP contribution in [0.15, 0.2) is 65.1 Å². The average molecular weight is 242 g/mol. The van der Waals surface area contributed by atoms with Crippen LogP contribution in [0, 0.1) is 6.92 Å². The van der Waals surface area contributed by atoms with Crippen molar-refractivity contribution in [2.24, 2.45) is 0 Å². The Balaban J connectivity index is 2.09. The third-order valence-electron chi connectivity index (χ3n) is 2.94. The summed E-state index contributed by atoms with van der Waals surface area (Å²) >= 11 is 1.95. The first-order valence-corrected chi connectivity index (χ1v) is 6.90. The van der Waals surface area contributed by atoms with Crippen LogP contribution in [0.3, 0.4) is 0 Å². The van der Waals surface area contributed by atoms with Gasteiger partial charge in [-0.05, 0) is 31.9 Å². The largest absolute Gasteiger partial charge is 0.118 e. The van der Waals surface area contributed by atoms with Crippen LogP contribution < -0.4 is 0 Å². The summed E-state index contributed by atoms with van der Waals surface area (Å²) in [5.41, 5.74) is 2.85. The van der Waals surface area contributed by atoms with Gasteiger partial charge in [0.2, 0.25) is 0 Å². The van der Waals surface area contributed by atoms with Gasteiger partial charge in [0.05, 0.1) is 0 Å². The van der Waals surface area contributed by atoms with Gasteiger partial charge in [0, 0.05) is 10.1 Å². The van der Waals surface area contributed by atoms with Crippen LogP contribution in [-0.4, -0.2) is 5.25 Å². The van der Waals surface area contributed by atoms with Gasteiger partial charge in [-0.1, -0.05) is 54.2 Å². The third-order valence-corrected chi connectivity index (χ3v) is 4.31. The van der Waals surface area contributed by atoms with Gasteiger partial charge in [0.25, 0.3) is 0 Å². The second-order valence-corrected chi connectivity index (χ2v) is 5.67. The molecule has 0 aromatic heterocycles. The lowest BCUT2D eigenvalue weighted by atomic mass is 10.1. The van der Waals surface area contributed by atoms with E-state index < -0.39 is 0 Å². The fraction of sp³-hybridized carbons (Fsp3) is 0.250. The molecule has 0 amide bonds. The Bertz CT molecular complexity index is 466. The Kier molecular flexibility index (Phi) is 4.27. The van der Waals surface area contributed by atoms with E-state index in [1.807, 2.05) is 11.8 Å². The van der Waals surface area contributed by atoms with Crippen molar-refractivity contribution in [3.05, 3.63) is 65.8 Å². The molecule has 88 valence electrons. The highest BCUT2D eigenvalue weighted by Gasteiger charge is 2.10. The summed E-state index contributed by atoms with van der Waals surface area (Å²) in [6.45, 7) is 4.46. The zero-order valence-electron chi connectivity index (χ0n) is 10.4. The van der Waals surface area contributed by atoms with Crippen LogP contribution in [0.4, 0.5) is 0 Å². The number of rotatable bonds is 3. The average Bonchev–Trinajstić information content (AvgIpc) is 2.61. The van der Waals surface area contributed by atoms with Gasteiger partial charge >= 0.3 is 0 Å². The Morgan fingerprint density at radius 3 is 2.76 bits per heavy atom. The smallest absolute Gasteiger partial charge is 0.0281 e. The maximum atomic E-state index is 2.29. The van der Waals surface area contributed by atoms with E-state index in [0.717, 1.165) is 6.42 Å². The molecule has 1 aliphatic carbocycles. The van der Waals surface area contributed by atoms with Crippen molar-refractivity contribution in [3.63, 3.8) is 0 Å². The molecule has 0 saturated carbocycles. The maximum absolute atomic E-state index is 2.29. The minimum atomic E-state index is 0.531. The molecule has 0 nitrogen and oxygen atoms in total. The SMILES string of the molecule is Cc1ccccc1SC(C)C1=CC=CC=CC1. The summed E-state index contributed by atoms with van der Waals surface area (Å²) in [5.74, 6) is 0. The molecule has 0 saturated heterocycles. The maximum Gasteiger partial charge on any atom is 0.0281 e. The lowest BCUT2D eigenvalue weighted by Gasteiger charge is -2.15. The van der Waals surface area contributed by atoms with Crippen LogP contribution in [0.25, 0.3) is 0 Å². The van der Waals surface area contributed by atoms with Crippen LogP contribution in [0.5, 0.6) is 0 Å². The monoisotopic (exact) mass is 242 g/mol. The van der Waals surface area contributed by atoms with Gasteiger partial charge in [-0.2, -0.15) is 0 Å². The normalized spacial score (nSPS) is 16.5. The molecule has 1 heteroatoms. The standard InChI is InChI=1S/C16H18S/c1-13-9-7-8-12-16(13)17-14(2)15-10-5-3-4-6-11-15/h3-10,12,14H,11H2,1-2H3. The first-order valence-electron chi connectivity index (χ1n) is 6.02. The summed E-state index contributed by atoms with van der Waals surface area (Å²) in [7, 11) is 0. The summed E-state index contributed by atoms with van der Waals surface area (Å²) in [6, 6.07) is 8.60. The number of benzene rings is 1. The quantitative estimate of drug-likeness (QED) is 0.678. The predicted molar refractivity (Wildman–Crippen MR) is 77.5 cm³/mol. The number of thioether (sulfide) groups is 1. The molecule has 1 atom stereocenters. The van der Waals surface area contributed by atoms with E-state index in [0.29, 0.717) is 5.25 Å². The molecular formula is C16H18S. The molecule has 0 aliphatic heterocycles. The zero-order chi connectivity index (χ0) is 12.1. The van der Waals surface area contributed by atoms with Crippen molar-refractivity contribution in [1.29, 1.82) is 0 Å². The third kappa shape index (κ3) is 3.37. The number of aryl methyl sites for hydroxylation is 1. The molecule has 0 N–H and O–H groups in total. The lowest BCUT2D eigenvalue weighted by molar-refractivity contribution is 1.05. The van der Waals surface area contributed by atoms with Crippen molar-refractivity contribution in [1.82, 2.24) is 0 Å². The predicted octanol–water partition coefficient (Wildman–Crippen LogP) is 4.92. The minimum Gasteiger partial charge on any atom is -0.118 e. The number of allylic oxidation sites excluding steroid dienone is 5. The highest BCUT2D eigenvalue weighted by molar-refractivity contribution is 8.00. The first-order chi connectivity index (χ1) is 8.27. The molecule has 17 heavy (non-hydrogen) atoms. The second-order valence-electron chi connectivity index (χ2n) is 4.28. The molecule has 1 aromatic carbocycles. The van der Waals surface area contributed by atoms with Crippen LogP contribution in [0.2, 0.25) is 0 Å². The van der Waals surface area contributed by atoms with Gasteiger partial charge in [-0.15, -0.1) is 11.8 Å². The van der Waals surface area contributed by atoms with E-state index in [1.165, 1.54) is 16.0 Å². The van der Waals surface area contributed by atoms with Crippen molar-refractivity contribution in [2.75, 3.05) is 0 Å². The minimum absolute atomic E-state index is 0.531. The molecule has 1 unspecified atom stereocenters. The van der Waals surface area contributed by atoms with E-state index in [-0.39, 0.29) is 0 Å². The number of hydrogen-bond donors (Lipinski definition) is 0. The van der Waals surface area contributed by atoms with E-state index in [1.54, 1.807) is 0 Å². The highest BCUT2D eigenvalue weighted by Crippen LogP contribution is 2.31. The fourth-order valence-electron chi connectivity index (χ4n) is 1.85. The first kappa shape index (κ1) is 12.3. The van der Waals surface area contributed by atoms with Gasteiger partial charge in [0.1, 0.15) is 0 Å². The molecule has 0 radical (unpaired) electrons. The summed E-state index contributed by atoms with van der Waals surface area (Å²) in [4.78, 5) is 1.39. The molecule has 1 aromatic rings. The summed E-state index contributed by atoms with van der Waals surface area (Å²) < 4.78 is 0. The van der Waals surface area contributed by atoms with Crippen LogP contribution >= 0.6 is 11.8 Å². The molecular weight excluding hydrogens is 224 g/mol. The molecule has 2 rings (SSSR count). The highest BCUT2D eigenvalue weighted by atomic mass is 32.2. The van der Waals surface area contributed by atoms with Gasteiger partial charge in [0.15, 0.2) is 0 Å². The van der Waals surface area contributed by atoms with Crippen molar-refractivity contribution in [2.45, 2.75) is 30.4 Å². The van der Waals surface area contributed by atoms with Crippen molar-refractivity contribution >= 4 is 11.8 Å². The molecule has 0 bridgehead atoms. The second kappa shape index (κ2) is 5.92. The van der Waals surface area contributed by atoms with Gasteiger partial charge < -0.3 is 0 Å². The molecule has 0 spiro atoms. The van der Waals surface area contributed by atoms with Crippen LogP contribution in [-0.2, 0) is 0 Å². The van der Waals surface area contributed by atoms with E-state index in [4.69, 9.17) is 0 Å². The molecule has 0 fully saturated rings. The Morgan fingerprint density at radius 1 is 1.12 bits per heavy atom. The fourth-order valence-corrected chi connectivity index (χ4v) is 2.97. The van der Waals surface area contributed by atoms with E-state index in [2.05, 4.69) is 68.5 Å². The Labute approximate surface area is 108 Å². The lowest BCUT2D eigenvalue weighted by Crippen LogP contribution is -2.00. The van der Waals surface area contributed by atoms with E-state index >= 15 is 0 Å². The topological polar surface area (TPSA) is 0 Å². The summed E-state index contributed by atoms with van der Waals surface area (Å²) in [6.07, 6.45) is 11.9. The Morgan fingerprint density at radius 2 is 1.94 bits per heavy atom. The van der Waals surface area contributed by atoms with Gasteiger partial charge in [-0.3, -0.25) is 0 Å². The molecule has 1 aliphatic rings. The van der Waals surface area contributed by atoms with Crippen molar-refractivity contribution < 1.29 is 0 Å². The van der Waals surface area contributed by atoms with Gasteiger partial charge in [-0.25, -0.2) is 0 Å².